The lowest BCUT2D eigenvalue weighted by molar-refractivity contribution is -0.141. The van der Waals surface area contributed by atoms with Crippen LogP contribution in [0.15, 0.2) is 78.9 Å². The number of unbranched alkanes of at least 4 members (excludes halogenated alkanes) is 1. The van der Waals surface area contributed by atoms with Crippen LogP contribution in [0.25, 0.3) is 0 Å². The van der Waals surface area contributed by atoms with Gasteiger partial charge in [0.25, 0.3) is 0 Å². The van der Waals surface area contributed by atoms with Crippen LogP contribution in [0.1, 0.15) is 43.7 Å². The molecule has 0 aliphatic rings. The van der Waals surface area contributed by atoms with Crippen LogP contribution in [-0.2, 0) is 32.6 Å². The maximum atomic E-state index is 13.8. The second-order valence-corrected chi connectivity index (χ2v) is 12.3. The number of hydrogen-bond donors (Lipinski definition) is 1. The molecule has 0 fully saturated rings. The fourth-order valence-electron chi connectivity index (χ4n) is 4.48. The molecule has 0 unspecified atom stereocenters. The van der Waals surface area contributed by atoms with Gasteiger partial charge >= 0.3 is 0 Å². The first-order valence-corrected chi connectivity index (χ1v) is 15.9. The largest absolute Gasteiger partial charge is 0.354 e. The third-order valence-corrected chi connectivity index (χ3v) is 8.04. The van der Waals surface area contributed by atoms with Crippen LogP contribution >= 0.6 is 11.6 Å². The summed E-state index contributed by atoms with van der Waals surface area (Å²) < 4.78 is 39.9. The summed E-state index contributed by atoms with van der Waals surface area (Å²) in [5, 5.41) is 3.36. The zero-order valence-electron chi connectivity index (χ0n) is 23.4. The maximum Gasteiger partial charge on any atom is 0.243 e. The summed E-state index contributed by atoms with van der Waals surface area (Å²) >= 11 is 6.08. The number of benzene rings is 3. The first-order chi connectivity index (χ1) is 19.6. The Labute approximate surface area is 247 Å². The molecule has 3 aromatic carbocycles. The minimum Gasteiger partial charge on any atom is -0.354 e. The molecule has 220 valence electrons. The molecule has 1 N–H and O–H groups in total. The Hall–Kier alpha value is -3.43. The van der Waals surface area contributed by atoms with Crippen molar-refractivity contribution in [2.75, 3.05) is 23.7 Å². The van der Waals surface area contributed by atoms with Gasteiger partial charge in [0, 0.05) is 37.5 Å². The summed E-state index contributed by atoms with van der Waals surface area (Å²) in [4.78, 5) is 28.8. The quantitative estimate of drug-likeness (QED) is 0.230. The van der Waals surface area contributed by atoms with E-state index in [1.165, 1.54) is 21.3 Å². The molecule has 3 aromatic rings. The first kappa shape index (κ1) is 32.1. The van der Waals surface area contributed by atoms with Crippen molar-refractivity contribution < 1.29 is 22.4 Å². The monoisotopic (exact) mass is 601 g/mol. The topological polar surface area (TPSA) is 86.8 Å². The Balaban J connectivity index is 1.86. The Morgan fingerprint density at radius 1 is 0.951 bits per heavy atom. The lowest BCUT2D eigenvalue weighted by atomic mass is 10.0. The van der Waals surface area contributed by atoms with E-state index in [0.29, 0.717) is 29.2 Å². The summed E-state index contributed by atoms with van der Waals surface area (Å²) in [5.74, 6) is -0.971. The predicted octanol–water partition coefficient (Wildman–Crippen LogP) is 5.58. The van der Waals surface area contributed by atoms with Crippen molar-refractivity contribution in [1.29, 1.82) is 0 Å². The van der Waals surface area contributed by atoms with Gasteiger partial charge in [-0.15, -0.1) is 0 Å². The van der Waals surface area contributed by atoms with E-state index in [2.05, 4.69) is 5.32 Å². The van der Waals surface area contributed by atoms with E-state index in [9.17, 15) is 22.4 Å². The predicted molar refractivity (Wildman–Crippen MR) is 162 cm³/mol. The SMILES string of the molecule is CCCCNC(=O)[C@@H](Cc1ccccc1)N(Cc1ccc(F)cc1)C(=O)CCCN(c1cccc(Cl)c1)S(C)(=O)=O. The second-order valence-electron chi connectivity index (χ2n) is 9.92. The number of carbonyl (C=O) groups is 2. The van der Waals surface area contributed by atoms with Gasteiger partial charge in [0.15, 0.2) is 0 Å². The third-order valence-electron chi connectivity index (χ3n) is 6.62. The van der Waals surface area contributed by atoms with Crippen LogP contribution < -0.4 is 9.62 Å². The molecule has 3 rings (SSSR count). The number of hydrogen-bond acceptors (Lipinski definition) is 4. The van der Waals surface area contributed by atoms with E-state index in [1.54, 1.807) is 36.4 Å². The Morgan fingerprint density at radius 2 is 1.66 bits per heavy atom. The van der Waals surface area contributed by atoms with Gasteiger partial charge in [-0.3, -0.25) is 13.9 Å². The maximum absolute atomic E-state index is 13.8. The van der Waals surface area contributed by atoms with Crippen LogP contribution in [0, 0.1) is 5.82 Å². The van der Waals surface area contributed by atoms with E-state index in [-0.39, 0.29) is 37.7 Å². The molecule has 10 heteroatoms. The van der Waals surface area contributed by atoms with Gasteiger partial charge in [0.2, 0.25) is 21.8 Å². The summed E-state index contributed by atoms with van der Waals surface area (Å²) in [5.41, 5.74) is 1.98. The molecule has 7 nitrogen and oxygen atoms in total. The van der Waals surface area contributed by atoms with E-state index < -0.39 is 21.9 Å². The fraction of sp³-hybridized carbons (Fsp3) is 0.355. The normalized spacial score (nSPS) is 12.0. The van der Waals surface area contributed by atoms with Gasteiger partial charge in [-0.05, 0) is 54.3 Å². The highest BCUT2D eigenvalue weighted by Crippen LogP contribution is 2.23. The van der Waals surface area contributed by atoms with E-state index in [4.69, 9.17) is 11.6 Å². The third kappa shape index (κ3) is 10.2. The van der Waals surface area contributed by atoms with E-state index >= 15 is 0 Å². The lowest BCUT2D eigenvalue weighted by Crippen LogP contribution is -2.50. The Bertz CT molecular complexity index is 1390. The van der Waals surface area contributed by atoms with Gasteiger partial charge in [-0.25, -0.2) is 12.8 Å². The number of amides is 2. The fourth-order valence-corrected chi connectivity index (χ4v) is 5.62. The number of carbonyl (C=O) groups excluding carboxylic acids is 2. The van der Waals surface area contributed by atoms with Crippen LogP contribution in [0.5, 0.6) is 0 Å². The summed E-state index contributed by atoms with van der Waals surface area (Å²) in [6, 6.07) is 21.0. The number of sulfonamides is 1. The van der Waals surface area contributed by atoms with Gasteiger partial charge in [0.05, 0.1) is 11.9 Å². The molecule has 2 amide bonds. The van der Waals surface area contributed by atoms with E-state index in [1.807, 2.05) is 37.3 Å². The molecular formula is C31H37ClFN3O4S. The average Bonchev–Trinajstić information content (AvgIpc) is 2.94. The highest BCUT2D eigenvalue weighted by atomic mass is 35.5. The van der Waals surface area contributed by atoms with Crippen molar-refractivity contribution in [3.05, 3.63) is 101 Å². The van der Waals surface area contributed by atoms with Gasteiger partial charge in [-0.1, -0.05) is 73.5 Å². The van der Waals surface area contributed by atoms with Crippen LogP contribution in [0.3, 0.4) is 0 Å². The molecule has 0 aliphatic carbocycles. The zero-order valence-corrected chi connectivity index (χ0v) is 25.0. The Kier molecular flexibility index (Phi) is 12.2. The highest BCUT2D eigenvalue weighted by molar-refractivity contribution is 7.92. The molecule has 0 spiro atoms. The first-order valence-electron chi connectivity index (χ1n) is 13.7. The molecule has 0 heterocycles. The summed E-state index contributed by atoms with van der Waals surface area (Å²) in [6.45, 7) is 2.67. The average molecular weight is 602 g/mol. The van der Waals surface area contributed by atoms with Crippen LogP contribution in [-0.4, -0.2) is 50.5 Å². The number of nitrogens with zero attached hydrogens (tertiary/aromatic N) is 2. The number of nitrogens with one attached hydrogen (secondary N) is 1. The van der Waals surface area contributed by atoms with Crippen LogP contribution in [0.4, 0.5) is 10.1 Å². The van der Waals surface area contributed by atoms with Crippen molar-refractivity contribution in [3.63, 3.8) is 0 Å². The highest BCUT2D eigenvalue weighted by Gasteiger charge is 2.30. The van der Waals surface area contributed by atoms with Crippen molar-refractivity contribution >= 4 is 39.1 Å². The second kappa shape index (κ2) is 15.5. The van der Waals surface area contributed by atoms with Crippen molar-refractivity contribution in [3.8, 4) is 0 Å². The smallest absolute Gasteiger partial charge is 0.243 e. The minimum atomic E-state index is -3.64. The molecule has 1 atom stereocenters. The van der Waals surface area contributed by atoms with Gasteiger partial charge < -0.3 is 10.2 Å². The van der Waals surface area contributed by atoms with Crippen molar-refractivity contribution in [2.45, 2.75) is 51.6 Å². The number of rotatable bonds is 15. The van der Waals surface area contributed by atoms with Gasteiger partial charge in [0.1, 0.15) is 11.9 Å². The molecule has 0 bridgehead atoms. The van der Waals surface area contributed by atoms with Gasteiger partial charge in [-0.2, -0.15) is 0 Å². The number of anilines is 1. The molecule has 41 heavy (non-hydrogen) atoms. The summed E-state index contributed by atoms with van der Waals surface area (Å²) in [7, 11) is -3.64. The molecular weight excluding hydrogens is 565 g/mol. The molecule has 0 radical (unpaired) electrons. The van der Waals surface area contributed by atoms with Crippen molar-refractivity contribution in [2.24, 2.45) is 0 Å². The van der Waals surface area contributed by atoms with E-state index in [0.717, 1.165) is 24.7 Å². The standard InChI is InChI=1S/C31H37ClFN3O4S/c1-3-4-19-34-31(38)29(21-24-10-6-5-7-11-24)35(23-25-15-17-27(33)18-16-25)30(37)14-9-20-36(41(2,39)40)28-13-8-12-26(32)22-28/h5-8,10-13,15-18,22,29H,3-4,9,14,19-21,23H2,1-2H3,(H,34,38)/t29-/m1/s1. The Morgan fingerprint density at radius 3 is 2.29 bits per heavy atom. The molecule has 0 aromatic heterocycles. The molecule has 0 saturated heterocycles. The summed E-state index contributed by atoms with van der Waals surface area (Å²) in [6.07, 6.45) is 3.33. The lowest BCUT2D eigenvalue weighted by Gasteiger charge is -2.32. The molecule has 0 saturated carbocycles. The minimum absolute atomic E-state index is 0.00130. The number of halogens is 2. The van der Waals surface area contributed by atoms with Crippen LogP contribution in [0.2, 0.25) is 5.02 Å². The molecule has 0 aliphatic heterocycles. The van der Waals surface area contributed by atoms with Crippen molar-refractivity contribution in [1.82, 2.24) is 10.2 Å². The zero-order chi connectivity index (χ0) is 29.8.